The van der Waals surface area contributed by atoms with Crippen LogP contribution < -0.4 is 10.1 Å². The largest absolute Gasteiger partial charge is 0.480 e. The van der Waals surface area contributed by atoms with Crippen molar-refractivity contribution in [1.82, 2.24) is 19.9 Å². The van der Waals surface area contributed by atoms with Crippen LogP contribution in [0.4, 0.5) is 10.5 Å². The molecule has 1 aromatic carbocycles. The van der Waals surface area contributed by atoms with Crippen LogP contribution in [0, 0.1) is 6.92 Å². The number of aldehydes is 1. The van der Waals surface area contributed by atoms with Gasteiger partial charge >= 0.3 is 6.09 Å². The molecule has 45 heavy (non-hydrogen) atoms. The summed E-state index contributed by atoms with van der Waals surface area (Å²) in [6.07, 6.45) is 3.23. The first kappa shape index (κ1) is 33.0. The average molecular weight is 632 g/mol. The van der Waals surface area contributed by atoms with Gasteiger partial charge in [-0.05, 0) is 69.2 Å². The second-order valence-electron chi connectivity index (χ2n) is 11.0. The zero-order chi connectivity index (χ0) is 32.7. The maximum Gasteiger partial charge on any atom is 0.410 e. The van der Waals surface area contributed by atoms with Gasteiger partial charge in [-0.3, -0.25) is 19.6 Å². The van der Waals surface area contributed by atoms with Crippen LogP contribution in [0.5, 0.6) is 5.88 Å². The number of carbonyl (C=O) groups excluding carboxylic acids is 3. The highest BCUT2D eigenvalue weighted by molar-refractivity contribution is 6.35. The van der Waals surface area contributed by atoms with Crippen molar-refractivity contribution in [3.05, 3.63) is 88.3 Å². The van der Waals surface area contributed by atoms with Crippen LogP contribution in [0.25, 0.3) is 22.5 Å². The summed E-state index contributed by atoms with van der Waals surface area (Å²) in [5, 5.41) is 12.7. The lowest BCUT2D eigenvalue weighted by Crippen LogP contribution is -2.38. The topological polar surface area (TPSA) is 144 Å². The predicted molar refractivity (Wildman–Crippen MR) is 171 cm³/mol. The van der Waals surface area contributed by atoms with Crippen molar-refractivity contribution in [1.29, 1.82) is 0 Å². The van der Waals surface area contributed by atoms with Gasteiger partial charge in [0.1, 0.15) is 11.3 Å². The van der Waals surface area contributed by atoms with E-state index in [0.29, 0.717) is 50.6 Å². The second-order valence-corrected chi connectivity index (χ2v) is 11.4. The number of benzene rings is 1. The van der Waals surface area contributed by atoms with Crippen molar-refractivity contribution in [2.24, 2.45) is 0 Å². The molecule has 0 saturated heterocycles. The number of hydrogen-bond donors (Lipinski definition) is 2. The number of ether oxygens (including phenoxy) is 2. The van der Waals surface area contributed by atoms with Gasteiger partial charge in [0, 0.05) is 35.8 Å². The number of aliphatic hydroxyl groups is 1. The number of carbonyl (C=O) groups is 3. The summed E-state index contributed by atoms with van der Waals surface area (Å²) in [6.45, 7) is 7.16. The van der Waals surface area contributed by atoms with Gasteiger partial charge in [0.15, 0.2) is 6.29 Å². The van der Waals surface area contributed by atoms with Gasteiger partial charge in [0.2, 0.25) is 5.88 Å². The number of aromatic nitrogens is 3. The highest BCUT2D eigenvalue weighted by Gasteiger charge is 2.23. The smallest absolute Gasteiger partial charge is 0.410 e. The molecule has 0 atom stereocenters. The standard InChI is InChI=1S/C33H34ClN5O6/c1-20-23(29-28(34)24(13-14-35-29)26-12-10-22(19-41)31(38-26)44-5)7-6-8-25(20)37-30(42)27-11-9-21(17-36-27)18-39(15-16-40)32(43)45-33(2,3)4/h6-14,17,19,40H,15-16,18H2,1-5H3,(H,37,42). The van der Waals surface area contributed by atoms with E-state index in [9.17, 15) is 19.5 Å². The molecule has 0 aliphatic heterocycles. The number of methoxy groups -OCH3 is 1. The van der Waals surface area contributed by atoms with Crippen molar-refractivity contribution < 1.29 is 29.0 Å². The maximum atomic E-state index is 13.2. The fourth-order valence-electron chi connectivity index (χ4n) is 4.45. The molecular weight excluding hydrogens is 598 g/mol. The number of nitrogens with zero attached hydrogens (tertiary/aromatic N) is 4. The van der Waals surface area contributed by atoms with Gasteiger partial charge in [0.25, 0.3) is 5.91 Å². The van der Waals surface area contributed by atoms with E-state index in [1.165, 1.54) is 18.2 Å². The van der Waals surface area contributed by atoms with E-state index in [1.54, 1.807) is 69.4 Å². The normalized spacial score (nSPS) is 11.1. The van der Waals surface area contributed by atoms with Crippen LogP contribution in [0.3, 0.4) is 0 Å². The fourth-order valence-corrected chi connectivity index (χ4v) is 4.76. The predicted octanol–water partition coefficient (Wildman–Crippen LogP) is 5.97. The number of pyridine rings is 3. The second kappa shape index (κ2) is 14.3. The molecule has 0 bridgehead atoms. The molecular formula is C33H34ClN5O6. The molecule has 0 fully saturated rings. The Morgan fingerprint density at radius 3 is 2.49 bits per heavy atom. The van der Waals surface area contributed by atoms with E-state index >= 15 is 0 Å². The summed E-state index contributed by atoms with van der Waals surface area (Å²) >= 11 is 6.84. The Balaban J connectivity index is 1.54. The van der Waals surface area contributed by atoms with Crippen molar-refractivity contribution >= 4 is 35.6 Å². The molecule has 2 amide bonds. The molecule has 0 unspecified atom stereocenters. The number of amides is 2. The first-order chi connectivity index (χ1) is 21.4. The third-order valence-corrected chi connectivity index (χ3v) is 7.05. The van der Waals surface area contributed by atoms with Gasteiger partial charge < -0.3 is 24.8 Å². The SMILES string of the molecule is COc1nc(-c2ccnc(-c3cccc(NC(=O)c4ccc(CN(CCO)C(=O)OC(C)(C)C)cn4)c3C)c2Cl)ccc1C=O. The lowest BCUT2D eigenvalue weighted by atomic mass is 10.0. The highest BCUT2D eigenvalue weighted by Crippen LogP contribution is 2.37. The van der Waals surface area contributed by atoms with Crippen molar-refractivity contribution in [3.8, 4) is 28.4 Å². The molecule has 3 aromatic heterocycles. The van der Waals surface area contributed by atoms with E-state index in [1.807, 2.05) is 13.0 Å². The maximum absolute atomic E-state index is 13.2. The number of halogens is 1. The first-order valence-electron chi connectivity index (χ1n) is 14.1. The molecule has 0 radical (unpaired) electrons. The number of rotatable bonds is 10. The average Bonchev–Trinajstić information content (AvgIpc) is 3.01. The zero-order valence-electron chi connectivity index (χ0n) is 25.6. The van der Waals surface area contributed by atoms with Crippen molar-refractivity contribution in [3.63, 3.8) is 0 Å². The minimum Gasteiger partial charge on any atom is -0.480 e. The molecule has 0 aliphatic carbocycles. The van der Waals surface area contributed by atoms with Gasteiger partial charge in [-0.15, -0.1) is 0 Å². The Labute approximate surface area is 266 Å². The van der Waals surface area contributed by atoms with Gasteiger partial charge in [0.05, 0.1) is 42.2 Å². The van der Waals surface area contributed by atoms with Gasteiger partial charge in [-0.25, -0.2) is 9.78 Å². The van der Waals surface area contributed by atoms with E-state index in [2.05, 4.69) is 20.3 Å². The molecule has 234 valence electrons. The number of anilines is 1. The summed E-state index contributed by atoms with van der Waals surface area (Å²) < 4.78 is 10.7. The van der Waals surface area contributed by atoms with Gasteiger partial charge in [-0.2, -0.15) is 0 Å². The number of nitrogens with one attached hydrogen (secondary N) is 1. The molecule has 11 nitrogen and oxygen atoms in total. The molecule has 2 N–H and O–H groups in total. The minimum absolute atomic E-state index is 0.0890. The van der Waals surface area contributed by atoms with Crippen LogP contribution in [0.15, 0.2) is 60.9 Å². The molecule has 12 heteroatoms. The van der Waals surface area contributed by atoms with Crippen LogP contribution in [0.2, 0.25) is 5.02 Å². The summed E-state index contributed by atoms with van der Waals surface area (Å²) in [6, 6.07) is 13.7. The lowest BCUT2D eigenvalue weighted by Gasteiger charge is -2.27. The van der Waals surface area contributed by atoms with E-state index in [-0.39, 0.29) is 31.3 Å². The summed E-state index contributed by atoms with van der Waals surface area (Å²) in [5.74, 6) is -0.245. The minimum atomic E-state index is -0.680. The third kappa shape index (κ3) is 8.00. The molecule has 0 spiro atoms. The lowest BCUT2D eigenvalue weighted by molar-refractivity contribution is 0.0201. The Kier molecular flexibility index (Phi) is 10.5. The molecule has 4 aromatic rings. The van der Waals surface area contributed by atoms with Crippen LogP contribution >= 0.6 is 11.6 Å². The van der Waals surface area contributed by atoms with Gasteiger partial charge in [-0.1, -0.05) is 29.8 Å². The Bertz CT molecular complexity index is 1710. The van der Waals surface area contributed by atoms with Crippen LogP contribution in [0.1, 0.15) is 52.7 Å². The first-order valence-corrected chi connectivity index (χ1v) is 14.4. The number of hydrogen-bond acceptors (Lipinski definition) is 9. The third-order valence-electron chi connectivity index (χ3n) is 6.66. The Morgan fingerprint density at radius 2 is 1.84 bits per heavy atom. The Morgan fingerprint density at radius 1 is 1.07 bits per heavy atom. The van der Waals surface area contributed by atoms with Crippen LogP contribution in [-0.2, 0) is 11.3 Å². The molecule has 3 heterocycles. The summed E-state index contributed by atoms with van der Waals surface area (Å²) in [4.78, 5) is 51.6. The highest BCUT2D eigenvalue weighted by atomic mass is 35.5. The number of aliphatic hydroxyl groups excluding tert-OH is 1. The summed E-state index contributed by atoms with van der Waals surface area (Å²) in [5.41, 5.74) is 4.04. The fraction of sp³-hybridized carbons (Fsp3) is 0.273. The molecule has 0 aliphatic rings. The summed E-state index contributed by atoms with van der Waals surface area (Å²) in [7, 11) is 1.44. The molecule has 4 rings (SSSR count). The monoisotopic (exact) mass is 631 g/mol. The Hall–Kier alpha value is -4.87. The van der Waals surface area contributed by atoms with Crippen LogP contribution in [-0.4, -0.2) is 69.1 Å². The zero-order valence-corrected chi connectivity index (χ0v) is 26.4. The quantitative estimate of drug-likeness (QED) is 0.202. The van der Waals surface area contributed by atoms with Crippen molar-refractivity contribution in [2.75, 3.05) is 25.6 Å². The van der Waals surface area contributed by atoms with Crippen molar-refractivity contribution in [2.45, 2.75) is 39.8 Å². The van der Waals surface area contributed by atoms with E-state index in [4.69, 9.17) is 21.1 Å². The van der Waals surface area contributed by atoms with E-state index < -0.39 is 17.6 Å². The van der Waals surface area contributed by atoms with E-state index in [0.717, 1.165) is 5.56 Å². The molecule has 0 saturated carbocycles.